The number of hydrogen-bond donors (Lipinski definition) is 1. The minimum atomic E-state index is 0.756. The predicted molar refractivity (Wildman–Crippen MR) is 69.3 cm³/mol. The Balaban J connectivity index is 2.16. The molecule has 1 aromatic rings. The molecule has 1 heterocycles. The van der Waals surface area contributed by atoms with E-state index in [-0.39, 0.29) is 0 Å². The maximum atomic E-state index is 6.09. The van der Waals surface area contributed by atoms with Crippen LogP contribution in [0.25, 0.3) is 0 Å². The van der Waals surface area contributed by atoms with Crippen LogP contribution in [0.15, 0.2) is 23.2 Å². The van der Waals surface area contributed by atoms with Crippen molar-refractivity contribution in [3.63, 3.8) is 0 Å². The van der Waals surface area contributed by atoms with Gasteiger partial charge in [-0.2, -0.15) is 0 Å². The molecule has 1 aromatic carbocycles. The number of aliphatic imine (C=N–C) groups is 1. The first-order valence-electron chi connectivity index (χ1n) is 4.51. The van der Waals surface area contributed by atoms with Gasteiger partial charge in [0, 0.05) is 16.5 Å². The molecule has 0 aliphatic carbocycles. The molecule has 4 heteroatoms. The van der Waals surface area contributed by atoms with Crippen molar-refractivity contribution in [1.82, 2.24) is 0 Å². The average Bonchev–Trinajstić information content (AvgIpc) is 2.62. The summed E-state index contributed by atoms with van der Waals surface area (Å²) in [6.07, 6.45) is 2.17. The molecule has 1 aliphatic heterocycles. The van der Waals surface area contributed by atoms with Gasteiger partial charge in [0.15, 0.2) is 0 Å². The summed E-state index contributed by atoms with van der Waals surface area (Å²) in [7, 11) is 0. The number of anilines is 1. The number of halogens is 2. The fraction of sp³-hybridized carbons (Fsp3) is 0.300. The van der Waals surface area contributed by atoms with E-state index in [4.69, 9.17) is 11.6 Å². The van der Waals surface area contributed by atoms with Gasteiger partial charge in [0.05, 0.1) is 10.7 Å². The molecule has 0 amide bonds. The fourth-order valence-electron chi connectivity index (χ4n) is 1.39. The number of hydrogen-bond acceptors (Lipinski definition) is 2. The highest BCUT2D eigenvalue weighted by Gasteiger charge is 2.08. The van der Waals surface area contributed by atoms with E-state index in [1.54, 1.807) is 0 Å². The third-order valence-electron chi connectivity index (χ3n) is 2.08. The third kappa shape index (κ3) is 2.39. The van der Waals surface area contributed by atoms with Crippen LogP contribution in [0, 0.1) is 3.57 Å². The van der Waals surface area contributed by atoms with Gasteiger partial charge < -0.3 is 5.32 Å². The van der Waals surface area contributed by atoms with Gasteiger partial charge in [-0.15, -0.1) is 0 Å². The lowest BCUT2D eigenvalue weighted by molar-refractivity contribution is 0.951. The van der Waals surface area contributed by atoms with Crippen molar-refractivity contribution < 1.29 is 0 Å². The Morgan fingerprint density at radius 1 is 1.43 bits per heavy atom. The van der Waals surface area contributed by atoms with Gasteiger partial charge >= 0.3 is 0 Å². The second kappa shape index (κ2) is 4.49. The lowest BCUT2D eigenvalue weighted by Crippen LogP contribution is -2.08. The van der Waals surface area contributed by atoms with Gasteiger partial charge in [-0.05, 0) is 47.2 Å². The first-order valence-corrected chi connectivity index (χ1v) is 5.97. The van der Waals surface area contributed by atoms with Crippen molar-refractivity contribution in [2.75, 3.05) is 11.9 Å². The van der Waals surface area contributed by atoms with Crippen LogP contribution in [0.5, 0.6) is 0 Å². The van der Waals surface area contributed by atoms with Gasteiger partial charge in [-0.25, -0.2) is 0 Å². The maximum absolute atomic E-state index is 6.09. The molecule has 2 nitrogen and oxygen atoms in total. The Morgan fingerprint density at radius 2 is 2.29 bits per heavy atom. The van der Waals surface area contributed by atoms with Crippen molar-refractivity contribution in [3.05, 3.63) is 26.8 Å². The van der Waals surface area contributed by atoms with E-state index in [1.165, 1.54) is 0 Å². The Labute approximate surface area is 102 Å². The normalized spacial score (nSPS) is 15.4. The Bertz CT molecular complexity index is 376. The average molecular weight is 321 g/mol. The number of nitrogens with one attached hydrogen (secondary N) is 1. The van der Waals surface area contributed by atoms with Crippen molar-refractivity contribution in [1.29, 1.82) is 0 Å². The van der Waals surface area contributed by atoms with Gasteiger partial charge in [-0.3, -0.25) is 4.99 Å². The van der Waals surface area contributed by atoms with Gasteiger partial charge in [-0.1, -0.05) is 11.6 Å². The summed E-state index contributed by atoms with van der Waals surface area (Å²) in [4.78, 5) is 4.34. The highest BCUT2D eigenvalue weighted by atomic mass is 127. The van der Waals surface area contributed by atoms with Gasteiger partial charge in [0.1, 0.15) is 5.84 Å². The van der Waals surface area contributed by atoms with Crippen molar-refractivity contribution in [3.8, 4) is 0 Å². The van der Waals surface area contributed by atoms with E-state index in [0.717, 1.165) is 39.5 Å². The van der Waals surface area contributed by atoms with Crippen LogP contribution in [0.3, 0.4) is 0 Å². The fourth-order valence-corrected chi connectivity index (χ4v) is 2.29. The number of amidine groups is 1. The van der Waals surface area contributed by atoms with E-state index in [2.05, 4.69) is 32.9 Å². The van der Waals surface area contributed by atoms with E-state index >= 15 is 0 Å². The molecule has 2 rings (SSSR count). The molecular weight excluding hydrogens is 310 g/mol. The predicted octanol–water partition coefficient (Wildman–Crippen LogP) is 3.55. The van der Waals surface area contributed by atoms with Gasteiger partial charge in [0.2, 0.25) is 0 Å². The quantitative estimate of drug-likeness (QED) is 0.786. The molecule has 1 N–H and O–H groups in total. The summed E-state index contributed by atoms with van der Waals surface area (Å²) >= 11 is 8.33. The number of rotatable bonds is 1. The number of benzene rings is 1. The smallest absolute Gasteiger partial charge is 0.101 e. The third-order valence-corrected chi connectivity index (χ3v) is 3.07. The van der Waals surface area contributed by atoms with Crippen LogP contribution in [0.1, 0.15) is 12.8 Å². The summed E-state index contributed by atoms with van der Waals surface area (Å²) in [5.41, 5.74) is 0.952. The highest BCUT2D eigenvalue weighted by molar-refractivity contribution is 14.1. The minimum Gasteiger partial charge on any atom is -0.343 e. The molecule has 1 aliphatic rings. The molecule has 74 valence electrons. The lowest BCUT2D eigenvalue weighted by Gasteiger charge is -2.07. The molecule has 0 atom stereocenters. The Hall–Kier alpha value is -0.290. The van der Waals surface area contributed by atoms with Gasteiger partial charge in [0.25, 0.3) is 0 Å². The molecule has 0 fully saturated rings. The molecule has 0 spiro atoms. The van der Waals surface area contributed by atoms with Crippen molar-refractivity contribution >= 4 is 45.7 Å². The van der Waals surface area contributed by atoms with Crippen LogP contribution in [-0.2, 0) is 0 Å². The summed E-state index contributed by atoms with van der Waals surface area (Å²) < 4.78 is 1.14. The summed E-state index contributed by atoms with van der Waals surface area (Å²) in [5, 5.41) is 4.01. The second-order valence-electron chi connectivity index (χ2n) is 3.18. The van der Waals surface area contributed by atoms with Crippen LogP contribution < -0.4 is 5.32 Å². The Kier molecular flexibility index (Phi) is 3.28. The molecule has 14 heavy (non-hydrogen) atoms. The topological polar surface area (TPSA) is 24.4 Å². The van der Waals surface area contributed by atoms with Crippen LogP contribution in [-0.4, -0.2) is 12.4 Å². The van der Waals surface area contributed by atoms with Crippen molar-refractivity contribution in [2.45, 2.75) is 12.8 Å². The SMILES string of the molecule is Clc1cc(I)ccc1NC1=NCCC1. The van der Waals surface area contributed by atoms with E-state index in [1.807, 2.05) is 18.2 Å². The highest BCUT2D eigenvalue weighted by Crippen LogP contribution is 2.24. The first-order chi connectivity index (χ1) is 6.75. The Morgan fingerprint density at radius 3 is 2.93 bits per heavy atom. The van der Waals surface area contributed by atoms with Crippen LogP contribution >= 0.6 is 34.2 Å². The number of nitrogens with zero attached hydrogens (tertiary/aromatic N) is 1. The molecular formula is C10H10ClIN2. The molecule has 0 unspecified atom stereocenters. The maximum Gasteiger partial charge on any atom is 0.101 e. The monoisotopic (exact) mass is 320 g/mol. The largest absolute Gasteiger partial charge is 0.343 e. The lowest BCUT2D eigenvalue weighted by atomic mass is 10.3. The molecule has 0 radical (unpaired) electrons. The molecule has 0 bridgehead atoms. The summed E-state index contributed by atoms with van der Waals surface area (Å²) in [6.45, 7) is 0.935. The van der Waals surface area contributed by atoms with E-state index in [0.29, 0.717) is 0 Å². The summed E-state index contributed by atoms with van der Waals surface area (Å²) in [6, 6.07) is 5.97. The zero-order valence-electron chi connectivity index (χ0n) is 7.56. The van der Waals surface area contributed by atoms with E-state index < -0.39 is 0 Å². The first kappa shape index (κ1) is 10.2. The standard InChI is InChI=1S/C10H10ClIN2/c11-8-6-7(12)3-4-9(8)14-10-2-1-5-13-10/h3-4,6H,1-2,5H2,(H,13,14). The molecule has 0 saturated heterocycles. The zero-order valence-corrected chi connectivity index (χ0v) is 10.5. The zero-order chi connectivity index (χ0) is 9.97. The second-order valence-corrected chi connectivity index (χ2v) is 4.83. The minimum absolute atomic E-state index is 0.756. The van der Waals surface area contributed by atoms with Crippen LogP contribution in [0.4, 0.5) is 5.69 Å². The molecule has 0 saturated carbocycles. The van der Waals surface area contributed by atoms with Crippen molar-refractivity contribution in [2.24, 2.45) is 4.99 Å². The molecule has 0 aromatic heterocycles. The summed E-state index contributed by atoms with van der Waals surface area (Å²) in [5.74, 6) is 1.05. The van der Waals surface area contributed by atoms with E-state index in [9.17, 15) is 0 Å². The van der Waals surface area contributed by atoms with Crippen LogP contribution in [0.2, 0.25) is 5.02 Å².